The normalized spacial score (nSPS) is 13.1. The molecule has 0 amide bonds. The number of carbonyl (C=O) groups excluding carboxylic acids is 2. The number of alkyl halides is 1. The average molecular weight is 363 g/mol. The zero-order valence-corrected chi connectivity index (χ0v) is 14.9. The number of rotatable bonds is 7. The molecular formula is C20H20ClFO3. The van der Waals surface area contributed by atoms with E-state index in [0.717, 1.165) is 5.56 Å². The SMILES string of the molecule is CCOC(=O)C(F)CC(C(=O)c1ccc(C)cc1)c1ccc(Cl)cc1. The van der Waals surface area contributed by atoms with E-state index in [1.54, 1.807) is 43.3 Å². The molecule has 0 saturated carbocycles. The molecule has 0 aromatic heterocycles. The summed E-state index contributed by atoms with van der Waals surface area (Å²) < 4.78 is 19.0. The summed E-state index contributed by atoms with van der Waals surface area (Å²) in [5, 5.41) is 0.521. The Bertz CT molecular complexity index is 726. The summed E-state index contributed by atoms with van der Waals surface area (Å²) in [7, 11) is 0. The van der Waals surface area contributed by atoms with Crippen molar-refractivity contribution in [3.8, 4) is 0 Å². The van der Waals surface area contributed by atoms with Gasteiger partial charge in [0.15, 0.2) is 12.0 Å². The van der Waals surface area contributed by atoms with E-state index >= 15 is 0 Å². The molecule has 132 valence electrons. The van der Waals surface area contributed by atoms with Crippen LogP contribution in [-0.2, 0) is 9.53 Å². The van der Waals surface area contributed by atoms with Gasteiger partial charge >= 0.3 is 5.97 Å². The highest BCUT2D eigenvalue weighted by Crippen LogP contribution is 2.28. The topological polar surface area (TPSA) is 43.4 Å². The number of ether oxygens (including phenoxy) is 1. The van der Waals surface area contributed by atoms with Crippen molar-refractivity contribution < 1.29 is 18.7 Å². The first kappa shape index (κ1) is 19.1. The lowest BCUT2D eigenvalue weighted by Gasteiger charge is -2.18. The fourth-order valence-corrected chi connectivity index (χ4v) is 2.67. The van der Waals surface area contributed by atoms with Crippen LogP contribution in [-0.4, -0.2) is 24.5 Å². The third-order valence-electron chi connectivity index (χ3n) is 3.91. The molecule has 3 nitrogen and oxygen atoms in total. The van der Waals surface area contributed by atoms with Gasteiger partial charge in [0.2, 0.25) is 0 Å². The molecule has 0 aliphatic carbocycles. The van der Waals surface area contributed by atoms with Gasteiger partial charge in [-0.05, 0) is 31.5 Å². The molecule has 2 atom stereocenters. The van der Waals surface area contributed by atoms with Gasteiger partial charge in [-0.2, -0.15) is 0 Å². The maximum absolute atomic E-state index is 14.3. The highest BCUT2D eigenvalue weighted by atomic mass is 35.5. The average Bonchev–Trinajstić information content (AvgIpc) is 2.60. The Morgan fingerprint density at radius 3 is 2.24 bits per heavy atom. The molecule has 5 heteroatoms. The van der Waals surface area contributed by atoms with Crippen molar-refractivity contribution >= 4 is 23.4 Å². The molecule has 0 aliphatic heterocycles. The maximum atomic E-state index is 14.3. The van der Waals surface area contributed by atoms with Crippen molar-refractivity contribution in [1.29, 1.82) is 0 Å². The highest BCUT2D eigenvalue weighted by molar-refractivity contribution is 6.30. The zero-order valence-electron chi connectivity index (χ0n) is 14.2. The minimum Gasteiger partial charge on any atom is -0.464 e. The first-order valence-corrected chi connectivity index (χ1v) is 8.47. The summed E-state index contributed by atoms with van der Waals surface area (Å²) in [6, 6.07) is 13.7. The standard InChI is InChI=1S/C20H20ClFO3/c1-3-25-20(24)18(22)12-17(14-8-10-16(21)11-9-14)19(23)15-6-4-13(2)5-7-15/h4-11,17-18H,3,12H2,1-2H3. The molecule has 25 heavy (non-hydrogen) atoms. The predicted molar refractivity (Wildman–Crippen MR) is 95.8 cm³/mol. The van der Waals surface area contributed by atoms with E-state index in [9.17, 15) is 14.0 Å². The third kappa shape index (κ3) is 5.13. The molecular weight excluding hydrogens is 343 g/mol. The predicted octanol–water partition coefficient (Wildman–Crippen LogP) is 4.91. The molecule has 0 N–H and O–H groups in total. The quantitative estimate of drug-likeness (QED) is 0.519. The Balaban J connectivity index is 2.31. The van der Waals surface area contributed by atoms with E-state index in [1.807, 2.05) is 19.1 Å². The van der Waals surface area contributed by atoms with Gasteiger partial charge in [0.05, 0.1) is 12.5 Å². The number of hydrogen-bond donors (Lipinski definition) is 0. The van der Waals surface area contributed by atoms with Crippen LogP contribution in [0.5, 0.6) is 0 Å². The molecule has 0 saturated heterocycles. The molecule has 2 aromatic rings. The molecule has 0 spiro atoms. The van der Waals surface area contributed by atoms with Crippen LogP contribution in [0.4, 0.5) is 4.39 Å². The van der Waals surface area contributed by atoms with E-state index in [1.165, 1.54) is 0 Å². The molecule has 2 unspecified atom stereocenters. The maximum Gasteiger partial charge on any atom is 0.340 e. The van der Waals surface area contributed by atoms with Crippen LogP contribution in [0.1, 0.15) is 40.7 Å². The van der Waals surface area contributed by atoms with Gasteiger partial charge < -0.3 is 4.74 Å². The Hall–Kier alpha value is -2.20. The molecule has 0 aliphatic rings. The number of ketones is 1. The fraction of sp³-hybridized carbons (Fsp3) is 0.300. The second-order valence-electron chi connectivity index (χ2n) is 5.79. The fourth-order valence-electron chi connectivity index (χ4n) is 2.54. The minimum absolute atomic E-state index is 0.0940. The van der Waals surface area contributed by atoms with E-state index in [4.69, 9.17) is 16.3 Å². The molecule has 0 heterocycles. The lowest BCUT2D eigenvalue weighted by Crippen LogP contribution is -2.25. The second-order valence-corrected chi connectivity index (χ2v) is 6.23. The van der Waals surface area contributed by atoms with Crippen LogP contribution in [0.15, 0.2) is 48.5 Å². The number of aryl methyl sites for hydroxylation is 1. The van der Waals surface area contributed by atoms with E-state index in [-0.39, 0.29) is 18.8 Å². The summed E-state index contributed by atoms with van der Waals surface area (Å²) >= 11 is 5.89. The summed E-state index contributed by atoms with van der Waals surface area (Å²) in [5.41, 5.74) is 2.11. The molecule has 2 aromatic carbocycles. The van der Waals surface area contributed by atoms with Crippen LogP contribution >= 0.6 is 11.6 Å². The van der Waals surface area contributed by atoms with Crippen molar-refractivity contribution in [2.45, 2.75) is 32.4 Å². The van der Waals surface area contributed by atoms with Gasteiger partial charge in [0.25, 0.3) is 0 Å². The van der Waals surface area contributed by atoms with Gasteiger partial charge in [-0.25, -0.2) is 9.18 Å². The molecule has 2 rings (SSSR count). The second kappa shape index (κ2) is 8.77. The number of Topliss-reactive ketones (excluding diaryl/α,β-unsaturated/α-hetero) is 1. The van der Waals surface area contributed by atoms with Gasteiger partial charge in [0.1, 0.15) is 0 Å². The first-order valence-electron chi connectivity index (χ1n) is 8.09. The monoisotopic (exact) mass is 362 g/mol. The molecule has 0 bridgehead atoms. The minimum atomic E-state index is -1.87. The third-order valence-corrected chi connectivity index (χ3v) is 4.16. The van der Waals surface area contributed by atoms with Crippen molar-refractivity contribution in [3.63, 3.8) is 0 Å². The Kier molecular flexibility index (Phi) is 6.71. The van der Waals surface area contributed by atoms with Crippen LogP contribution in [0.25, 0.3) is 0 Å². The van der Waals surface area contributed by atoms with Gasteiger partial charge in [-0.3, -0.25) is 4.79 Å². The van der Waals surface area contributed by atoms with Gasteiger partial charge in [-0.15, -0.1) is 0 Å². The van der Waals surface area contributed by atoms with Crippen LogP contribution in [0.3, 0.4) is 0 Å². The zero-order chi connectivity index (χ0) is 18.4. The Morgan fingerprint density at radius 1 is 1.08 bits per heavy atom. The summed E-state index contributed by atoms with van der Waals surface area (Å²) in [5.74, 6) is -1.98. The number of halogens is 2. The van der Waals surface area contributed by atoms with Crippen molar-refractivity contribution in [2.75, 3.05) is 6.61 Å². The largest absolute Gasteiger partial charge is 0.464 e. The summed E-state index contributed by atoms with van der Waals surface area (Å²) in [4.78, 5) is 24.5. The summed E-state index contributed by atoms with van der Waals surface area (Å²) in [6.45, 7) is 3.62. The van der Waals surface area contributed by atoms with Gasteiger partial charge in [0, 0.05) is 17.0 Å². The number of hydrogen-bond acceptors (Lipinski definition) is 3. The molecule has 0 radical (unpaired) electrons. The van der Waals surface area contributed by atoms with E-state index in [2.05, 4.69) is 0 Å². The first-order chi connectivity index (χ1) is 11.9. The lowest BCUT2D eigenvalue weighted by molar-refractivity contribution is -0.149. The Labute approximate surface area is 151 Å². The van der Waals surface area contributed by atoms with Crippen molar-refractivity contribution in [3.05, 3.63) is 70.2 Å². The van der Waals surface area contributed by atoms with Crippen LogP contribution in [0.2, 0.25) is 5.02 Å². The number of carbonyl (C=O) groups is 2. The van der Waals surface area contributed by atoms with Crippen LogP contribution < -0.4 is 0 Å². The highest BCUT2D eigenvalue weighted by Gasteiger charge is 2.30. The van der Waals surface area contributed by atoms with Gasteiger partial charge in [-0.1, -0.05) is 53.6 Å². The van der Waals surface area contributed by atoms with E-state index < -0.39 is 18.1 Å². The number of benzene rings is 2. The van der Waals surface area contributed by atoms with Crippen molar-refractivity contribution in [2.24, 2.45) is 0 Å². The van der Waals surface area contributed by atoms with Crippen molar-refractivity contribution in [1.82, 2.24) is 0 Å². The van der Waals surface area contributed by atoms with E-state index in [0.29, 0.717) is 16.1 Å². The summed E-state index contributed by atoms with van der Waals surface area (Å²) in [6.07, 6.45) is -2.14. The lowest BCUT2D eigenvalue weighted by atomic mass is 9.86. The smallest absolute Gasteiger partial charge is 0.340 e. The van der Waals surface area contributed by atoms with Crippen LogP contribution in [0, 0.1) is 6.92 Å². The Morgan fingerprint density at radius 2 is 1.68 bits per heavy atom. The number of esters is 1. The molecule has 0 fully saturated rings.